The Morgan fingerprint density at radius 1 is 1.35 bits per heavy atom. The molecule has 1 saturated heterocycles. The molecular weight excluding hydrogens is 336 g/mol. The number of quaternary nitrogens is 2. The molecule has 1 fully saturated rings. The largest absolute Gasteiger partial charge is 0.544 e. The maximum atomic E-state index is 12.1. The Bertz CT molecular complexity index is 653. The van der Waals surface area contributed by atoms with E-state index < -0.39 is 17.9 Å². The van der Waals surface area contributed by atoms with Crippen LogP contribution in [0.15, 0.2) is 24.3 Å². The third kappa shape index (κ3) is 6.44. The van der Waals surface area contributed by atoms with Crippen molar-refractivity contribution in [1.82, 2.24) is 0 Å². The molecule has 1 aliphatic rings. The van der Waals surface area contributed by atoms with Gasteiger partial charge in [-0.3, -0.25) is 4.79 Å². The summed E-state index contributed by atoms with van der Waals surface area (Å²) in [5, 5.41) is 24.6. The fourth-order valence-electron chi connectivity index (χ4n) is 2.93. The smallest absolute Gasteiger partial charge is 0.230 e. The Hall–Kier alpha value is -2.47. The van der Waals surface area contributed by atoms with Crippen LogP contribution in [0, 0.1) is 11.3 Å². The monoisotopic (exact) mass is 361 g/mol. The lowest BCUT2D eigenvalue weighted by molar-refractivity contribution is -0.909. The molecule has 1 heterocycles. The molecule has 4 N–H and O–H groups in total. The zero-order valence-electron chi connectivity index (χ0n) is 14.7. The summed E-state index contributed by atoms with van der Waals surface area (Å²) in [5.74, 6) is -1.70. The van der Waals surface area contributed by atoms with Crippen molar-refractivity contribution in [2.75, 3.05) is 44.7 Å². The molecule has 0 unspecified atom stereocenters. The van der Waals surface area contributed by atoms with Gasteiger partial charge in [-0.25, -0.2) is 0 Å². The normalized spacial score (nSPS) is 15.8. The molecule has 1 aromatic rings. The first kappa shape index (κ1) is 19.8. The number of amides is 1. The highest BCUT2D eigenvalue weighted by Crippen LogP contribution is 2.13. The molecule has 1 atom stereocenters. The molecule has 8 heteroatoms. The molecule has 1 aliphatic heterocycles. The molecule has 8 nitrogen and oxygen atoms in total. The van der Waals surface area contributed by atoms with Crippen LogP contribution in [0.4, 0.5) is 5.69 Å². The Labute approximate surface area is 152 Å². The maximum absolute atomic E-state index is 12.1. The zero-order chi connectivity index (χ0) is 18.8. The molecule has 0 saturated carbocycles. The number of nitrogens with zero attached hydrogens (tertiary/aromatic N) is 1. The molecule has 2 rings (SSSR count). The van der Waals surface area contributed by atoms with Gasteiger partial charge in [0.15, 0.2) is 0 Å². The van der Waals surface area contributed by atoms with E-state index in [1.165, 1.54) is 4.90 Å². The maximum Gasteiger partial charge on any atom is 0.230 e. The summed E-state index contributed by atoms with van der Waals surface area (Å²) in [4.78, 5) is 24.9. The van der Waals surface area contributed by atoms with Crippen molar-refractivity contribution in [2.45, 2.75) is 18.9 Å². The first-order chi connectivity index (χ1) is 12.6. The summed E-state index contributed by atoms with van der Waals surface area (Å²) < 4.78 is 5.31. The zero-order valence-corrected chi connectivity index (χ0v) is 14.7. The van der Waals surface area contributed by atoms with Crippen molar-refractivity contribution in [3.63, 3.8) is 0 Å². The number of carbonyl (C=O) groups excluding carboxylic acids is 2. The number of hydrogen-bond acceptors (Lipinski definition) is 5. The van der Waals surface area contributed by atoms with Crippen LogP contribution in [-0.2, 0) is 14.3 Å². The minimum absolute atomic E-state index is 0.202. The molecule has 0 aromatic heterocycles. The van der Waals surface area contributed by atoms with Crippen molar-refractivity contribution < 1.29 is 29.6 Å². The highest BCUT2D eigenvalue weighted by atomic mass is 16.5. The van der Waals surface area contributed by atoms with Crippen LogP contribution >= 0.6 is 0 Å². The molecule has 0 radical (unpaired) electrons. The first-order valence-electron chi connectivity index (χ1n) is 8.84. The number of hydrogen-bond donors (Lipinski definition) is 3. The minimum Gasteiger partial charge on any atom is -0.544 e. The van der Waals surface area contributed by atoms with Gasteiger partial charge in [-0.1, -0.05) is 12.1 Å². The summed E-state index contributed by atoms with van der Waals surface area (Å²) in [7, 11) is 0. The quantitative estimate of drug-likeness (QED) is 0.402. The van der Waals surface area contributed by atoms with Gasteiger partial charge in [0, 0.05) is 6.42 Å². The van der Waals surface area contributed by atoms with Gasteiger partial charge in [0.25, 0.3) is 0 Å². The summed E-state index contributed by atoms with van der Waals surface area (Å²) >= 11 is 0. The lowest BCUT2D eigenvalue weighted by Gasteiger charge is -2.23. The van der Waals surface area contributed by atoms with Crippen LogP contribution in [0.25, 0.3) is 0 Å². The number of carboxylic acids is 1. The second kappa shape index (κ2) is 10.5. The lowest BCUT2D eigenvalue weighted by atomic mass is 10.1. The van der Waals surface area contributed by atoms with Gasteiger partial charge >= 0.3 is 0 Å². The summed E-state index contributed by atoms with van der Waals surface area (Å²) in [6, 6.07) is 7.64. The van der Waals surface area contributed by atoms with Crippen LogP contribution in [0.2, 0.25) is 0 Å². The van der Waals surface area contributed by atoms with Crippen LogP contribution < -0.4 is 20.6 Å². The van der Waals surface area contributed by atoms with Crippen LogP contribution in [0.5, 0.6) is 0 Å². The molecule has 0 bridgehead atoms. The van der Waals surface area contributed by atoms with Gasteiger partial charge in [0.2, 0.25) is 5.91 Å². The highest BCUT2D eigenvalue weighted by Gasteiger charge is 2.20. The number of nitrogens with one attached hydrogen (secondary N) is 2. The second-order valence-corrected chi connectivity index (χ2v) is 6.33. The number of benzene rings is 1. The number of para-hydroxylation sites is 1. The summed E-state index contributed by atoms with van der Waals surface area (Å²) in [6.07, 6.45) is 0.657. The van der Waals surface area contributed by atoms with Crippen molar-refractivity contribution in [3.8, 4) is 6.07 Å². The third-order valence-corrected chi connectivity index (χ3v) is 4.42. The van der Waals surface area contributed by atoms with Gasteiger partial charge in [0.05, 0.1) is 49.9 Å². The molecule has 0 aliphatic carbocycles. The van der Waals surface area contributed by atoms with Crippen molar-refractivity contribution in [3.05, 3.63) is 29.8 Å². The molecule has 26 heavy (non-hydrogen) atoms. The molecule has 140 valence electrons. The van der Waals surface area contributed by atoms with E-state index in [0.717, 1.165) is 39.3 Å². The van der Waals surface area contributed by atoms with E-state index in [2.05, 4.69) is 5.32 Å². The van der Waals surface area contributed by atoms with E-state index in [-0.39, 0.29) is 6.42 Å². The molecule has 1 amide bonds. The minimum atomic E-state index is -1.26. The SMILES string of the molecule is N#Cc1ccccc1NC(=O)C[C@@H]([NH2+]CCC[NH+]1CCOCC1)C(=O)[O-]. The van der Waals surface area contributed by atoms with Crippen molar-refractivity contribution >= 4 is 17.6 Å². The Kier molecular flexibility index (Phi) is 8.02. The van der Waals surface area contributed by atoms with E-state index in [1.807, 2.05) is 6.07 Å². The number of aliphatic carboxylic acids is 1. The number of anilines is 1. The average Bonchev–Trinajstić information content (AvgIpc) is 2.65. The third-order valence-electron chi connectivity index (χ3n) is 4.42. The van der Waals surface area contributed by atoms with Gasteiger partial charge in [0.1, 0.15) is 25.2 Å². The standard InChI is InChI=1S/C18H24N4O4/c19-13-14-4-1-2-5-15(14)21-17(23)12-16(18(24)25)20-6-3-7-22-8-10-26-11-9-22/h1-2,4-5,16,20H,3,6-12H2,(H,21,23)(H,24,25)/p+1/t16-/m1/s1. The lowest BCUT2D eigenvalue weighted by Crippen LogP contribution is -3.14. The van der Waals surface area contributed by atoms with Crippen molar-refractivity contribution in [2.24, 2.45) is 0 Å². The molecule has 0 spiro atoms. The fraction of sp³-hybridized carbons (Fsp3) is 0.500. The Morgan fingerprint density at radius 2 is 2.08 bits per heavy atom. The number of nitrogens with two attached hydrogens (primary N) is 1. The highest BCUT2D eigenvalue weighted by molar-refractivity contribution is 5.94. The van der Waals surface area contributed by atoms with Crippen LogP contribution in [0.3, 0.4) is 0 Å². The van der Waals surface area contributed by atoms with E-state index in [9.17, 15) is 14.7 Å². The van der Waals surface area contributed by atoms with E-state index in [4.69, 9.17) is 10.00 Å². The number of rotatable bonds is 9. The number of nitriles is 1. The first-order valence-corrected chi connectivity index (χ1v) is 8.84. The van der Waals surface area contributed by atoms with Gasteiger partial charge in [-0.2, -0.15) is 5.26 Å². The van der Waals surface area contributed by atoms with Gasteiger partial charge in [-0.15, -0.1) is 0 Å². The number of ether oxygens (including phenoxy) is 1. The van der Waals surface area contributed by atoms with E-state index >= 15 is 0 Å². The number of morpholine rings is 1. The van der Waals surface area contributed by atoms with Gasteiger partial charge in [-0.05, 0) is 12.1 Å². The van der Waals surface area contributed by atoms with Crippen molar-refractivity contribution in [1.29, 1.82) is 5.26 Å². The number of carboxylic acid groups (broad SMARTS) is 1. The van der Waals surface area contributed by atoms with Gasteiger partial charge < -0.3 is 30.2 Å². The fourth-order valence-corrected chi connectivity index (χ4v) is 2.93. The summed E-state index contributed by atoms with van der Waals surface area (Å²) in [6.45, 7) is 5.07. The van der Waals surface area contributed by atoms with Crippen LogP contribution in [-0.4, -0.2) is 57.3 Å². The second-order valence-electron chi connectivity index (χ2n) is 6.33. The predicted molar refractivity (Wildman–Crippen MR) is 91.0 cm³/mol. The summed E-state index contributed by atoms with van der Waals surface area (Å²) in [5.41, 5.74) is 0.719. The Morgan fingerprint density at radius 3 is 2.77 bits per heavy atom. The molecular formula is C18H25N4O4+. The number of carbonyl (C=O) groups is 2. The average molecular weight is 361 g/mol. The van der Waals surface area contributed by atoms with Crippen LogP contribution in [0.1, 0.15) is 18.4 Å². The predicted octanol–water partition coefficient (Wildman–Crippen LogP) is -3.13. The van der Waals surface area contributed by atoms with E-state index in [0.29, 0.717) is 17.8 Å². The van der Waals surface area contributed by atoms with E-state index in [1.54, 1.807) is 29.6 Å². The topological polar surface area (TPSA) is 123 Å². The molecule has 1 aromatic carbocycles. The Balaban J connectivity index is 1.76.